The van der Waals surface area contributed by atoms with E-state index in [-0.39, 0.29) is 17.7 Å². The number of nitrogens with one attached hydrogen (secondary N) is 2. The third kappa shape index (κ3) is 5.99. The van der Waals surface area contributed by atoms with E-state index in [4.69, 9.17) is 4.74 Å². The minimum Gasteiger partial charge on any atom is -0.497 e. The summed E-state index contributed by atoms with van der Waals surface area (Å²) in [6, 6.07) is 9.76. The van der Waals surface area contributed by atoms with E-state index < -0.39 is 6.04 Å². The van der Waals surface area contributed by atoms with Crippen molar-refractivity contribution >= 4 is 29.3 Å². The van der Waals surface area contributed by atoms with Gasteiger partial charge < -0.3 is 15.4 Å². The Labute approximate surface area is 164 Å². The van der Waals surface area contributed by atoms with Crippen molar-refractivity contribution in [2.75, 3.05) is 18.2 Å². The van der Waals surface area contributed by atoms with Crippen molar-refractivity contribution in [1.29, 1.82) is 0 Å². The number of methoxy groups -OCH3 is 1. The summed E-state index contributed by atoms with van der Waals surface area (Å²) >= 11 is 1.63. The van der Waals surface area contributed by atoms with Crippen molar-refractivity contribution in [1.82, 2.24) is 10.3 Å². The molecular formula is C20H25N3O3S. The Morgan fingerprint density at radius 2 is 1.85 bits per heavy atom. The molecule has 7 heteroatoms. The summed E-state index contributed by atoms with van der Waals surface area (Å²) in [5, 5.41) is 6.53. The molecule has 27 heavy (non-hydrogen) atoms. The number of pyridine rings is 1. The number of aromatic nitrogens is 1. The molecule has 0 fully saturated rings. The second kappa shape index (κ2) is 9.97. The number of ether oxygens (including phenoxy) is 1. The molecule has 0 aliphatic rings. The number of thioether (sulfide) groups is 1. The fourth-order valence-corrected chi connectivity index (χ4v) is 3.00. The molecule has 0 radical (unpaired) electrons. The van der Waals surface area contributed by atoms with Crippen LogP contribution in [0.4, 0.5) is 5.69 Å². The van der Waals surface area contributed by atoms with Gasteiger partial charge in [0.1, 0.15) is 11.8 Å². The van der Waals surface area contributed by atoms with Crippen molar-refractivity contribution in [3.63, 3.8) is 0 Å². The highest BCUT2D eigenvalue weighted by Gasteiger charge is 2.25. The van der Waals surface area contributed by atoms with E-state index in [2.05, 4.69) is 22.5 Å². The van der Waals surface area contributed by atoms with E-state index in [0.717, 1.165) is 10.8 Å². The van der Waals surface area contributed by atoms with Gasteiger partial charge in [-0.1, -0.05) is 20.8 Å². The first-order chi connectivity index (χ1) is 12.9. The fourth-order valence-electron chi connectivity index (χ4n) is 2.41. The van der Waals surface area contributed by atoms with Crippen molar-refractivity contribution < 1.29 is 14.3 Å². The van der Waals surface area contributed by atoms with Gasteiger partial charge in [-0.25, -0.2) is 4.98 Å². The highest BCUT2D eigenvalue weighted by atomic mass is 32.2. The van der Waals surface area contributed by atoms with Gasteiger partial charge >= 0.3 is 0 Å². The highest BCUT2D eigenvalue weighted by Crippen LogP contribution is 2.17. The molecule has 2 amide bonds. The molecule has 0 spiro atoms. The van der Waals surface area contributed by atoms with Crippen LogP contribution in [-0.4, -0.2) is 35.7 Å². The van der Waals surface area contributed by atoms with Crippen LogP contribution in [-0.2, 0) is 4.79 Å². The SMILES string of the molecule is CCSc1ccc(NC(=O)C(NC(=O)c2ccc(OC)cc2)C(C)C)cn1. The first-order valence-corrected chi connectivity index (χ1v) is 9.77. The van der Waals surface area contributed by atoms with Crippen LogP contribution in [0.3, 0.4) is 0 Å². The Morgan fingerprint density at radius 1 is 1.15 bits per heavy atom. The number of carbonyl (C=O) groups is 2. The molecule has 2 aromatic rings. The predicted octanol–water partition coefficient (Wildman–Crippen LogP) is 3.60. The lowest BCUT2D eigenvalue weighted by Crippen LogP contribution is -2.47. The number of carbonyl (C=O) groups excluding carboxylic acids is 2. The molecule has 0 saturated heterocycles. The first-order valence-electron chi connectivity index (χ1n) is 8.79. The Kier molecular flexibility index (Phi) is 7.67. The average molecular weight is 388 g/mol. The second-order valence-electron chi connectivity index (χ2n) is 6.23. The third-order valence-corrected chi connectivity index (χ3v) is 4.71. The zero-order valence-corrected chi connectivity index (χ0v) is 16.8. The van der Waals surface area contributed by atoms with E-state index in [1.165, 1.54) is 0 Å². The number of benzene rings is 1. The van der Waals surface area contributed by atoms with E-state index in [1.807, 2.05) is 26.0 Å². The summed E-state index contributed by atoms with van der Waals surface area (Å²) in [4.78, 5) is 29.4. The fraction of sp³-hybridized carbons (Fsp3) is 0.350. The molecule has 1 unspecified atom stereocenters. The summed E-state index contributed by atoms with van der Waals surface area (Å²) in [5.41, 5.74) is 1.07. The lowest BCUT2D eigenvalue weighted by atomic mass is 10.0. The van der Waals surface area contributed by atoms with Crippen LogP contribution in [0.15, 0.2) is 47.6 Å². The van der Waals surface area contributed by atoms with Crippen LogP contribution in [0.25, 0.3) is 0 Å². The third-order valence-electron chi connectivity index (χ3n) is 3.88. The normalized spacial score (nSPS) is 11.7. The number of hydrogen-bond donors (Lipinski definition) is 2. The number of hydrogen-bond acceptors (Lipinski definition) is 5. The number of amides is 2. The van der Waals surface area contributed by atoms with E-state index in [9.17, 15) is 9.59 Å². The molecular weight excluding hydrogens is 362 g/mol. The zero-order valence-electron chi connectivity index (χ0n) is 16.0. The summed E-state index contributed by atoms with van der Waals surface area (Å²) in [5.74, 6) is 0.951. The largest absolute Gasteiger partial charge is 0.497 e. The minimum atomic E-state index is -0.663. The molecule has 2 N–H and O–H groups in total. The minimum absolute atomic E-state index is 0.0740. The molecule has 144 valence electrons. The van der Waals surface area contributed by atoms with Crippen LogP contribution in [0.5, 0.6) is 5.75 Å². The smallest absolute Gasteiger partial charge is 0.251 e. The number of anilines is 1. The standard InChI is InChI=1S/C20H25N3O3S/c1-5-27-17-11-8-15(12-21-17)22-20(25)18(13(2)3)23-19(24)14-6-9-16(26-4)10-7-14/h6-13,18H,5H2,1-4H3,(H,22,25)(H,23,24). The maximum absolute atomic E-state index is 12.7. The summed E-state index contributed by atoms with van der Waals surface area (Å²) in [7, 11) is 1.57. The maximum atomic E-state index is 12.7. The van der Waals surface area contributed by atoms with Crippen LogP contribution in [0, 0.1) is 5.92 Å². The molecule has 1 atom stereocenters. The Hall–Kier alpha value is -2.54. The molecule has 1 heterocycles. The topological polar surface area (TPSA) is 80.3 Å². The molecule has 6 nitrogen and oxygen atoms in total. The van der Waals surface area contributed by atoms with Crippen LogP contribution in [0.2, 0.25) is 0 Å². The summed E-state index contributed by atoms with van der Waals surface area (Å²) in [6.07, 6.45) is 1.62. The van der Waals surface area contributed by atoms with Crippen molar-refractivity contribution in [3.05, 3.63) is 48.2 Å². The van der Waals surface area contributed by atoms with E-state index in [0.29, 0.717) is 17.0 Å². The zero-order chi connectivity index (χ0) is 19.8. The van der Waals surface area contributed by atoms with Crippen LogP contribution in [0.1, 0.15) is 31.1 Å². The van der Waals surface area contributed by atoms with E-state index >= 15 is 0 Å². The highest BCUT2D eigenvalue weighted by molar-refractivity contribution is 7.99. The molecule has 0 bridgehead atoms. The van der Waals surface area contributed by atoms with Gasteiger partial charge in [0.2, 0.25) is 5.91 Å². The maximum Gasteiger partial charge on any atom is 0.251 e. The Bertz CT molecular complexity index is 761. The van der Waals surface area contributed by atoms with Gasteiger partial charge in [0.25, 0.3) is 5.91 Å². The van der Waals surface area contributed by atoms with Crippen molar-refractivity contribution in [2.24, 2.45) is 5.92 Å². The Balaban J connectivity index is 2.04. The molecule has 0 aliphatic carbocycles. The molecule has 0 saturated carbocycles. The summed E-state index contributed by atoms with van der Waals surface area (Å²) in [6.45, 7) is 5.83. The van der Waals surface area contributed by atoms with E-state index in [1.54, 1.807) is 49.3 Å². The quantitative estimate of drug-likeness (QED) is 0.677. The van der Waals surface area contributed by atoms with Gasteiger partial charge in [-0.3, -0.25) is 9.59 Å². The monoisotopic (exact) mass is 387 g/mol. The molecule has 0 aliphatic heterocycles. The van der Waals surface area contributed by atoms with Gasteiger partial charge in [0.05, 0.1) is 24.0 Å². The first kappa shape index (κ1) is 20.8. The van der Waals surface area contributed by atoms with Gasteiger partial charge in [0, 0.05) is 5.56 Å². The predicted molar refractivity (Wildman–Crippen MR) is 108 cm³/mol. The molecule has 1 aromatic heterocycles. The van der Waals surface area contributed by atoms with Gasteiger partial charge in [-0.2, -0.15) is 0 Å². The molecule has 1 aromatic carbocycles. The molecule has 2 rings (SSSR count). The lowest BCUT2D eigenvalue weighted by Gasteiger charge is -2.21. The lowest BCUT2D eigenvalue weighted by molar-refractivity contribution is -0.118. The van der Waals surface area contributed by atoms with Gasteiger partial charge in [-0.15, -0.1) is 11.8 Å². The van der Waals surface area contributed by atoms with Crippen LogP contribution >= 0.6 is 11.8 Å². The van der Waals surface area contributed by atoms with Crippen LogP contribution < -0.4 is 15.4 Å². The average Bonchev–Trinajstić information content (AvgIpc) is 2.67. The van der Waals surface area contributed by atoms with Crippen molar-refractivity contribution in [2.45, 2.75) is 31.8 Å². The van der Waals surface area contributed by atoms with Gasteiger partial charge in [0.15, 0.2) is 0 Å². The van der Waals surface area contributed by atoms with Gasteiger partial charge in [-0.05, 0) is 48.1 Å². The van der Waals surface area contributed by atoms with Crippen molar-refractivity contribution in [3.8, 4) is 5.75 Å². The number of nitrogens with zero attached hydrogens (tertiary/aromatic N) is 1. The second-order valence-corrected chi connectivity index (χ2v) is 7.52. The summed E-state index contributed by atoms with van der Waals surface area (Å²) < 4.78 is 5.09. The number of rotatable bonds is 8. The Morgan fingerprint density at radius 3 is 2.37 bits per heavy atom.